The van der Waals surface area contributed by atoms with Crippen molar-refractivity contribution in [2.24, 2.45) is 5.41 Å². The van der Waals surface area contributed by atoms with Crippen LogP contribution in [-0.2, 0) is 0 Å². The van der Waals surface area contributed by atoms with E-state index in [1.54, 1.807) is 13.8 Å². The highest BCUT2D eigenvalue weighted by Crippen LogP contribution is 2.17. The van der Waals surface area contributed by atoms with E-state index in [1.165, 1.54) is 193 Å². The van der Waals surface area contributed by atoms with E-state index < -0.39 is 6.16 Å². The summed E-state index contributed by atoms with van der Waals surface area (Å²) < 4.78 is 0. The van der Waals surface area contributed by atoms with Crippen molar-refractivity contribution < 1.29 is 35.4 Å². The molecule has 6 N–H and O–H groups in total. The predicted octanol–water partition coefficient (Wildman–Crippen LogP) is 11.1. The predicted molar refractivity (Wildman–Crippen MR) is 193 cm³/mol. The lowest BCUT2D eigenvalue weighted by molar-refractivity contribution is 0.0857. The summed E-state index contributed by atoms with van der Waals surface area (Å²) in [5.41, 5.74) is -0.306. The number of carboxylic acid groups (broad SMARTS) is 2. The number of hydrogen-bond donors (Lipinski definition) is 6. The Kier molecular flexibility index (Phi) is 53.8. The van der Waals surface area contributed by atoms with E-state index in [2.05, 4.69) is 0 Å². The van der Waals surface area contributed by atoms with Crippen molar-refractivity contribution in [2.75, 3.05) is 27.4 Å². The van der Waals surface area contributed by atoms with Crippen LogP contribution in [0.25, 0.3) is 0 Å². The molecule has 0 unspecified atom stereocenters. The molecular formula is C38H82O7. The molecule has 3 aliphatic rings. The van der Waals surface area contributed by atoms with Crippen molar-refractivity contribution in [1.82, 2.24) is 0 Å². The van der Waals surface area contributed by atoms with E-state index in [4.69, 9.17) is 35.4 Å². The van der Waals surface area contributed by atoms with Gasteiger partial charge in [0.25, 0.3) is 0 Å². The molecule has 0 amide bonds. The highest BCUT2D eigenvalue weighted by molar-refractivity contribution is 5.53. The van der Waals surface area contributed by atoms with Gasteiger partial charge in [-0.25, -0.2) is 4.79 Å². The quantitative estimate of drug-likeness (QED) is 0.175. The second-order valence-electron chi connectivity index (χ2n) is 13.4. The van der Waals surface area contributed by atoms with E-state index in [0.717, 1.165) is 14.2 Å². The highest BCUT2D eigenvalue weighted by Gasteiger charge is 2.13. The molecule has 3 aliphatic carbocycles. The molecule has 7 heteroatoms. The summed E-state index contributed by atoms with van der Waals surface area (Å²) in [4.78, 5) is 8.56. The summed E-state index contributed by atoms with van der Waals surface area (Å²) in [5.74, 6) is 0. The van der Waals surface area contributed by atoms with Gasteiger partial charge in [-0.15, -0.1) is 0 Å². The lowest BCUT2D eigenvalue weighted by Crippen LogP contribution is -2.20. The summed E-state index contributed by atoms with van der Waals surface area (Å²) in [6, 6.07) is 0. The van der Waals surface area contributed by atoms with Crippen LogP contribution in [0.1, 0.15) is 206 Å². The standard InChI is InChI=1S/3C10H20.C5H12O2.CH2O3.2CH4O/c3*1-2-4-6-8-10-9-7-5-3-1;1-5(2,3-6)4-7;2-1(3)4;2*1-2/h3*1-10H2;6-7H,3-4H2,1-2H3;(H2,2,3,4);2*2H,1H3. The average molecular weight is 651 g/mol. The van der Waals surface area contributed by atoms with Crippen molar-refractivity contribution in [3.8, 4) is 0 Å². The third-order valence-electron chi connectivity index (χ3n) is 8.36. The lowest BCUT2D eigenvalue weighted by Gasteiger charge is -2.16. The summed E-state index contributed by atoms with van der Waals surface area (Å²) in [5, 5.41) is 44.8. The Morgan fingerprint density at radius 1 is 0.356 bits per heavy atom. The minimum absolute atomic E-state index is 0.0451. The van der Waals surface area contributed by atoms with Gasteiger partial charge >= 0.3 is 6.16 Å². The third-order valence-corrected chi connectivity index (χ3v) is 8.36. The van der Waals surface area contributed by atoms with E-state index in [9.17, 15) is 0 Å². The average Bonchev–Trinajstić information content (AvgIpc) is 3.08. The van der Waals surface area contributed by atoms with Crippen molar-refractivity contribution in [3.63, 3.8) is 0 Å². The summed E-state index contributed by atoms with van der Waals surface area (Å²) in [7, 11) is 2.00. The summed E-state index contributed by atoms with van der Waals surface area (Å²) in [6.45, 7) is 3.69. The van der Waals surface area contributed by atoms with Crippen molar-refractivity contribution >= 4 is 6.16 Å². The van der Waals surface area contributed by atoms with Crippen LogP contribution in [0.15, 0.2) is 0 Å². The first-order valence-electron chi connectivity index (χ1n) is 18.9. The van der Waals surface area contributed by atoms with E-state index >= 15 is 0 Å². The zero-order valence-electron chi connectivity index (χ0n) is 30.7. The van der Waals surface area contributed by atoms with Crippen LogP contribution in [-0.4, -0.2) is 64.2 Å². The van der Waals surface area contributed by atoms with Crippen LogP contribution in [0.2, 0.25) is 0 Å². The Morgan fingerprint density at radius 3 is 0.444 bits per heavy atom. The van der Waals surface area contributed by atoms with E-state index in [0.29, 0.717) is 0 Å². The monoisotopic (exact) mass is 651 g/mol. The van der Waals surface area contributed by atoms with Gasteiger partial charge in [-0.1, -0.05) is 206 Å². The minimum atomic E-state index is -1.83. The van der Waals surface area contributed by atoms with Crippen LogP contribution in [0.3, 0.4) is 0 Å². The number of hydrogen-bond acceptors (Lipinski definition) is 5. The van der Waals surface area contributed by atoms with Gasteiger partial charge in [0.2, 0.25) is 0 Å². The first kappa shape index (κ1) is 51.0. The number of aliphatic hydroxyl groups is 4. The zero-order chi connectivity index (χ0) is 34.7. The van der Waals surface area contributed by atoms with Crippen LogP contribution in [0, 0.1) is 5.41 Å². The Bertz CT molecular complexity index is 343. The molecule has 0 atom stereocenters. The topological polar surface area (TPSA) is 138 Å². The molecule has 7 nitrogen and oxygen atoms in total. The van der Waals surface area contributed by atoms with Gasteiger partial charge in [-0.05, 0) is 0 Å². The second kappa shape index (κ2) is 47.5. The molecule has 0 aliphatic heterocycles. The van der Waals surface area contributed by atoms with Gasteiger partial charge < -0.3 is 30.6 Å². The first-order valence-corrected chi connectivity index (χ1v) is 18.9. The highest BCUT2D eigenvalue weighted by atomic mass is 16.6. The maximum atomic E-state index is 8.56. The fourth-order valence-electron chi connectivity index (χ4n) is 5.35. The van der Waals surface area contributed by atoms with Crippen LogP contribution < -0.4 is 0 Å². The first-order chi connectivity index (χ1) is 21.9. The second-order valence-corrected chi connectivity index (χ2v) is 13.4. The lowest BCUT2D eigenvalue weighted by atomic mass is 9.97. The van der Waals surface area contributed by atoms with Gasteiger partial charge in [0.05, 0.1) is 13.2 Å². The van der Waals surface area contributed by atoms with Crippen molar-refractivity contribution in [2.45, 2.75) is 206 Å². The SMILES string of the molecule is C1CCCCCCCCC1.C1CCCCCCCCC1.C1CCCCCCCCC1.CC(C)(CO)CO.CO.CO.O=C(O)O. The molecule has 0 heterocycles. The molecule has 0 aromatic rings. The summed E-state index contributed by atoms with van der Waals surface area (Å²) in [6.07, 6.45) is 43.2. The smallest absolute Gasteiger partial charge is 0.450 e. The van der Waals surface area contributed by atoms with E-state index in [-0.39, 0.29) is 18.6 Å². The molecule has 3 rings (SSSR count). The molecule has 0 radical (unpaired) electrons. The molecule has 0 spiro atoms. The molecule has 0 aromatic heterocycles. The maximum absolute atomic E-state index is 8.56. The fraction of sp³-hybridized carbons (Fsp3) is 0.974. The van der Waals surface area contributed by atoms with Gasteiger partial charge in [0.1, 0.15) is 0 Å². The fourth-order valence-corrected chi connectivity index (χ4v) is 5.35. The Balaban J connectivity index is -0.000000233. The summed E-state index contributed by atoms with van der Waals surface area (Å²) >= 11 is 0. The molecule has 0 bridgehead atoms. The maximum Gasteiger partial charge on any atom is 0.503 e. The molecule has 276 valence electrons. The van der Waals surface area contributed by atoms with Crippen molar-refractivity contribution in [3.05, 3.63) is 0 Å². The molecule has 0 saturated heterocycles. The largest absolute Gasteiger partial charge is 0.503 e. The molecule has 3 saturated carbocycles. The Labute approximate surface area is 280 Å². The Hall–Kier alpha value is -0.890. The van der Waals surface area contributed by atoms with Gasteiger partial charge in [-0.3, -0.25) is 0 Å². The van der Waals surface area contributed by atoms with Crippen LogP contribution >= 0.6 is 0 Å². The molecule has 3 fully saturated rings. The number of rotatable bonds is 2. The molecular weight excluding hydrogens is 568 g/mol. The molecule has 45 heavy (non-hydrogen) atoms. The Morgan fingerprint density at radius 2 is 0.422 bits per heavy atom. The van der Waals surface area contributed by atoms with Gasteiger partial charge in [-0.2, -0.15) is 0 Å². The normalized spacial score (nSPS) is 18.7. The van der Waals surface area contributed by atoms with Crippen LogP contribution in [0.5, 0.6) is 0 Å². The third kappa shape index (κ3) is 59.1. The van der Waals surface area contributed by atoms with Crippen molar-refractivity contribution in [1.29, 1.82) is 0 Å². The van der Waals surface area contributed by atoms with Crippen LogP contribution in [0.4, 0.5) is 4.79 Å². The van der Waals surface area contributed by atoms with Gasteiger partial charge in [0, 0.05) is 19.6 Å². The minimum Gasteiger partial charge on any atom is -0.450 e. The number of aliphatic hydroxyl groups excluding tert-OH is 4. The number of carbonyl (C=O) groups is 1. The van der Waals surface area contributed by atoms with E-state index in [1.807, 2.05) is 0 Å². The van der Waals surface area contributed by atoms with Gasteiger partial charge in [0.15, 0.2) is 0 Å². The molecule has 0 aromatic carbocycles. The zero-order valence-corrected chi connectivity index (χ0v) is 30.7.